The molecular formula is C16H21N3O2. The zero-order valence-corrected chi connectivity index (χ0v) is 12.3. The number of carbonyl (C=O) groups excluding carboxylic acids is 2. The van der Waals surface area contributed by atoms with Gasteiger partial charge in [0.25, 0.3) is 0 Å². The third kappa shape index (κ3) is 2.78. The van der Waals surface area contributed by atoms with Gasteiger partial charge in [-0.3, -0.25) is 9.59 Å². The van der Waals surface area contributed by atoms with Gasteiger partial charge in [0, 0.05) is 36.8 Å². The third-order valence-corrected chi connectivity index (χ3v) is 4.50. The molecule has 0 radical (unpaired) electrons. The number of benzene rings is 1. The summed E-state index contributed by atoms with van der Waals surface area (Å²) in [5, 5.41) is 2.92. The molecule has 1 aromatic rings. The van der Waals surface area contributed by atoms with Gasteiger partial charge in [-0.1, -0.05) is 0 Å². The van der Waals surface area contributed by atoms with Crippen LogP contribution in [-0.2, 0) is 16.0 Å². The van der Waals surface area contributed by atoms with Gasteiger partial charge in [-0.25, -0.2) is 0 Å². The van der Waals surface area contributed by atoms with Gasteiger partial charge >= 0.3 is 0 Å². The number of carbonyl (C=O) groups is 2. The first-order chi connectivity index (χ1) is 9.97. The maximum absolute atomic E-state index is 12.0. The van der Waals surface area contributed by atoms with Crippen molar-refractivity contribution in [3.8, 4) is 0 Å². The predicted molar refractivity (Wildman–Crippen MR) is 82.2 cm³/mol. The lowest BCUT2D eigenvalue weighted by Crippen LogP contribution is -2.48. The zero-order chi connectivity index (χ0) is 15.0. The standard InChI is InChI=1S/C16H21N3O2/c1-11(20)19-8-5-12-9-13(3-4-14(12)19)18-15(21)10-16(17)6-2-7-16/h3-4,9H,2,5-8,10,17H2,1H3,(H,18,21). The molecule has 0 aromatic heterocycles. The number of fused-ring (bicyclic) bond motifs is 1. The van der Waals surface area contributed by atoms with E-state index in [1.54, 1.807) is 11.8 Å². The maximum atomic E-state index is 12.0. The molecule has 2 aliphatic rings. The van der Waals surface area contributed by atoms with Gasteiger partial charge in [-0.2, -0.15) is 0 Å². The van der Waals surface area contributed by atoms with E-state index >= 15 is 0 Å². The van der Waals surface area contributed by atoms with Gasteiger partial charge in [0.05, 0.1) is 0 Å². The van der Waals surface area contributed by atoms with E-state index in [0.717, 1.165) is 42.6 Å². The number of amides is 2. The van der Waals surface area contributed by atoms with E-state index in [1.807, 2.05) is 18.2 Å². The highest BCUT2D eigenvalue weighted by molar-refractivity contribution is 5.95. The van der Waals surface area contributed by atoms with Crippen molar-refractivity contribution in [2.24, 2.45) is 5.73 Å². The van der Waals surface area contributed by atoms with E-state index in [-0.39, 0.29) is 17.4 Å². The van der Waals surface area contributed by atoms with Crippen LogP contribution in [0.1, 0.15) is 38.2 Å². The minimum Gasteiger partial charge on any atom is -0.326 e. The monoisotopic (exact) mass is 287 g/mol. The molecule has 2 amide bonds. The van der Waals surface area contributed by atoms with Gasteiger partial charge < -0.3 is 16.0 Å². The molecular weight excluding hydrogens is 266 g/mol. The van der Waals surface area contributed by atoms with Crippen LogP contribution in [0.25, 0.3) is 0 Å². The number of hydrogen-bond donors (Lipinski definition) is 2. The fraction of sp³-hybridized carbons (Fsp3) is 0.500. The van der Waals surface area contributed by atoms with Crippen molar-refractivity contribution in [3.63, 3.8) is 0 Å². The Bertz CT molecular complexity index is 593. The fourth-order valence-corrected chi connectivity index (χ4v) is 3.14. The average Bonchev–Trinajstić information content (AvgIpc) is 2.79. The molecule has 0 saturated heterocycles. The van der Waals surface area contributed by atoms with Crippen LogP contribution in [0.5, 0.6) is 0 Å². The summed E-state index contributed by atoms with van der Waals surface area (Å²) >= 11 is 0. The second kappa shape index (κ2) is 5.15. The number of anilines is 2. The topological polar surface area (TPSA) is 75.4 Å². The van der Waals surface area contributed by atoms with Crippen LogP contribution in [0.4, 0.5) is 11.4 Å². The van der Waals surface area contributed by atoms with Crippen molar-refractivity contribution in [1.82, 2.24) is 0 Å². The molecule has 1 fully saturated rings. The Morgan fingerprint density at radius 2 is 2.14 bits per heavy atom. The molecule has 0 bridgehead atoms. The SMILES string of the molecule is CC(=O)N1CCc2cc(NC(=O)CC3(N)CCC3)ccc21. The van der Waals surface area contributed by atoms with Crippen molar-refractivity contribution in [2.75, 3.05) is 16.8 Å². The molecule has 21 heavy (non-hydrogen) atoms. The van der Waals surface area contributed by atoms with Crippen molar-refractivity contribution < 1.29 is 9.59 Å². The van der Waals surface area contributed by atoms with E-state index in [1.165, 1.54) is 0 Å². The van der Waals surface area contributed by atoms with Crippen molar-refractivity contribution >= 4 is 23.2 Å². The van der Waals surface area contributed by atoms with Crippen LogP contribution < -0.4 is 16.0 Å². The molecule has 112 valence electrons. The minimum absolute atomic E-state index is 0.0291. The smallest absolute Gasteiger partial charge is 0.226 e. The highest BCUT2D eigenvalue weighted by Gasteiger charge is 2.34. The molecule has 1 heterocycles. The third-order valence-electron chi connectivity index (χ3n) is 4.50. The highest BCUT2D eigenvalue weighted by atomic mass is 16.2. The van der Waals surface area contributed by atoms with Crippen LogP contribution in [-0.4, -0.2) is 23.9 Å². The summed E-state index contributed by atoms with van der Waals surface area (Å²) < 4.78 is 0. The van der Waals surface area contributed by atoms with E-state index in [2.05, 4.69) is 5.32 Å². The molecule has 1 saturated carbocycles. The molecule has 3 N–H and O–H groups in total. The molecule has 5 nitrogen and oxygen atoms in total. The summed E-state index contributed by atoms with van der Waals surface area (Å²) in [4.78, 5) is 25.3. The van der Waals surface area contributed by atoms with Crippen LogP contribution >= 0.6 is 0 Å². The lowest BCUT2D eigenvalue weighted by molar-refractivity contribution is -0.118. The van der Waals surface area contributed by atoms with Gasteiger partial charge in [-0.15, -0.1) is 0 Å². The summed E-state index contributed by atoms with van der Waals surface area (Å²) in [5.41, 5.74) is 8.64. The summed E-state index contributed by atoms with van der Waals surface area (Å²) in [5.74, 6) is 0.0270. The van der Waals surface area contributed by atoms with Crippen molar-refractivity contribution in [1.29, 1.82) is 0 Å². The van der Waals surface area contributed by atoms with E-state index in [9.17, 15) is 9.59 Å². The average molecular weight is 287 g/mol. The number of nitrogens with one attached hydrogen (secondary N) is 1. The summed E-state index contributed by atoms with van der Waals surface area (Å²) in [7, 11) is 0. The molecule has 1 aliphatic carbocycles. The Balaban J connectivity index is 1.67. The van der Waals surface area contributed by atoms with Crippen LogP contribution in [0.15, 0.2) is 18.2 Å². The van der Waals surface area contributed by atoms with E-state index < -0.39 is 0 Å². The van der Waals surface area contributed by atoms with E-state index in [0.29, 0.717) is 13.0 Å². The van der Waals surface area contributed by atoms with E-state index in [4.69, 9.17) is 5.73 Å². The number of nitrogens with two attached hydrogens (primary N) is 1. The van der Waals surface area contributed by atoms with Crippen molar-refractivity contribution in [3.05, 3.63) is 23.8 Å². The molecule has 0 unspecified atom stereocenters. The van der Waals surface area contributed by atoms with Gasteiger partial charge in [0.2, 0.25) is 11.8 Å². The largest absolute Gasteiger partial charge is 0.326 e. The van der Waals surface area contributed by atoms with Crippen molar-refractivity contribution in [2.45, 2.75) is 44.6 Å². The second-order valence-electron chi connectivity index (χ2n) is 6.21. The first-order valence-electron chi connectivity index (χ1n) is 7.47. The molecule has 5 heteroatoms. The molecule has 0 spiro atoms. The maximum Gasteiger partial charge on any atom is 0.226 e. The zero-order valence-electron chi connectivity index (χ0n) is 12.3. The first kappa shape index (κ1) is 14.1. The predicted octanol–water partition coefficient (Wildman–Crippen LogP) is 1.81. The van der Waals surface area contributed by atoms with Crippen LogP contribution in [0, 0.1) is 0 Å². The molecule has 3 rings (SSSR count). The summed E-state index contributed by atoms with van der Waals surface area (Å²) in [6.07, 6.45) is 4.18. The lowest BCUT2D eigenvalue weighted by Gasteiger charge is -2.37. The first-order valence-corrected chi connectivity index (χ1v) is 7.47. The molecule has 1 aliphatic heterocycles. The fourth-order valence-electron chi connectivity index (χ4n) is 3.14. The Hall–Kier alpha value is -1.88. The number of nitrogens with zero attached hydrogens (tertiary/aromatic N) is 1. The minimum atomic E-state index is -0.299. The lowest BCUT2D eigenvalue weighted by atomic mass is 9.75. The number of hydrogen-bond acceptors (Lipinski definition) is 3. The molecule has 0 atom stereocenters. The highest BCUT2D eigenvalue weighted by Crippen LogP contribution is 2.33. The molecule has 1 aromatic carbocycles. The van der Waals surface area contributed by atoms with Gasteiger partial charge in [-0.05, 0) is 49.4 Å². The van der Waals surface area contributed by atoms with Gasteiger partial charge in [0.1, 0.15) is 0 Å². The Morgan fingerprint density at radius 1 is 1.38 bits per heavy atom. The Kier molecular flexibility index (Phi) is 3.45. The normalized spacial score (nSPS) is 18.9. The van der Waals surface area contributed by atoms with Crippen LogP contribution in [0.3, 0.4) is 0 Å². The summed E-state index contributed by atoms with van der Waals surface area (Å²) in [6, 6.07) is 5.71. The second-order valence-corrected chi connectivity index (χ2v) is 6.21. The Morgan fingerprint density at radius 3 is 2.76 bits per heavy atom. The van der Waals surface area contributed by atoms with Crippen LogP contribution in [0.2, 0.25) is 0 Å². The Labute approximate surface area is 124 Å². The quantitative estimate of drug-likeness (QED) is 0.890. The van der Waals surface area contributed by atoms with Gasteiger partial charge in [0.15, 0.2) is 0 Å². The summed E-state index contributed by atoms with van der Waals surface area (Å²) in [6.45, 7) is 2.29. The number of rotatable bonds is 3.